The van der Waals surface area contributed by atoms with Gasteiger partial charge in [0, 0.05) is 89.8 Å². The lowest BCUT2D eigenvalue weighted by atomic mass is 9.89. The van der Waals surface area contributed by atoms with E-state index in [9.17, 15) is 19.8 Å². The highest BCUT2D eigenvalue weighted by atomic mass is 16.5. The number of para-hydroxylation sites is 1. The fraction of sp³-hybridized carbons (Fsp3) is 0.411. The second-order valence-electron chi connectivity index (χ2n) is 21.7. The van der Waals surface area contributed by atoms with Crippen molar-refractivity contribution in [3.8, 4) is 28.6 Å². The lowest BCUT2D eigenvalue weighted by Gasteiger charge is -2.31. The molecular formula is C56H58N12O7. The summed E-state index contributed by atoms with van der Waals surface area (Å²) in [6.07, 6.45) is 7.77. The van der Waals surface area contributed by atoms with Crippen molar-refractivity contribution in [2.24, 2.45) is 5.92 Å². The molecule has 4 saturated heterocycles. The molecule has 5 aromatic heterocycles. The Bertz CT molecular complexity index is 3820. The summed E-state index contributed by atoms with van der Waals surface area (Å²) in [5.74, 6) is 1.85. The van der Waals surface area contributed by atoms with Gasteiger partial charge in [-0.15, -0.1) is 0 Å². The number of anilines is 1. The number of carbonyl (C=O) groups is 1. The van der Waals surface area contributed by atoms with Crippen molar-refractivity contribution >= 4 is 66.4 Å². The van der Waals surface area contributed by atoms with Crippen molar-refractivity contribution in [2.75, 3.05) is 37.7 Å². The number of aromatic nitrogens is 9. The molecule has 5 atom stereocenters. The summed E-state index contributed by atoms with van der Waals surface area (Å²) in [7, 11) is 0. The molecule has 1 saturated carbocycles. The predicted octanol–water partition coefficient (Wildman–Crippen LogP) is 7.35. The summed E-state index contributed by atoms with van der Waals surface area (Å²) in [6, 6.07) is 17.2. The molecule has 9 aromatic rings. The van der Waals surface area contributed by atoms with Crippen LogP contribution in [-0.2, 0) is 16.1 Å². The fourth-order valence-electron chi connectivity index (χ4n) is 12.5. The Morgan fingerprint density at radius 2 is 1.75 bits per heavy atom. The van der Waals surface area contributed by atoms with Crippen molar-refractivity contribution in [2.45, 2.75) is 108 Å². The normalized spacial score (nSPS) is 21.6. The number of fused-ring (bicyclic) bond motifs is 8. The van der Waals surface area contributed by atoms with E-state index in [2.05, 4.69) is 60.5 Å². The van der Waals surface area contributed by atoms with Gasteiger partial charge in [-0.05, 0) is 90.6 Å². The van der Waals surface area contributed by atoms with Gasteiger partial charge in [0.05, 0.1) is 42.6 Å². The maximum Gasteiger partial charge on any atom is 0.319 e. The molecule has 384 valence electrons. The van der Waals surface area contributed by atoms with Gasteiger partial charge in [-0.2, -0.15) is 20.2 Å². The van der Waals surface area contributed by atoms with E-state index in [1.165, 1.54) is 5.56 Å². The Balaban J connectivity index is 0.852. The van der Waals surface area contributed by atoms with Gasteiger partial charge in [-0.25, -0.2) is 4.98 Å². The number of hydrogen-bond donors (Lipinski definition) is 6. The number of β-amino-alcohol motifs (C(OH)–C–C–N with tert-alkyl or cyclic N) is 1. The van der Waals surface area contributed by atoms with Gasteiger partial charge in [0.2, 0.25) is 5.91 Å². The van der Waals surface area contributed by atoms with Crippen molar-refractivity contribution in [1.82, 2.24) is 55.1 Å². The number of nitrogens with zero attached hydrogens (tertiary/aromatic N) is 8. The molecule has 1 amide bonds. The summed E-state index contributed by atoms with van der Waals surface area (Å²) >= 11 is 0. The van der Waals surface area contributed by atoms with E-state index in [0.29, 0.717) is 76.3 Å². The van der Waals surface area contributed by atoms with Gasteiger partial charge >= 0.3 is 6.01 Å². The van der Waals surface area contributed by atoms with Crippen LogP contribution in [-0.4, -0.2) is 123 Å². The highest BCUT2D eigenvalue weighted by molar-refractivity contribution is 6.07. The van der Waals surface area contributed by atoms with Crippen LogP contribution in [0.15, 0.2) is 71.8 Å². The van der Waals surface area contributed by atoms with Crippen LogP contribution in [0.5, 0.6) is 17.5 Å². The second kappa shape index (κ2) is 17.8. The Morgan fingerprint density at radius 1 is 0.880 bits per heavy atom. The molecule has 5 aliphatic rings. The summed E-state index contributed by atoms with van der Waals surface area (Å²) < 4.78 is 21.3. The number of phenolic OH excluding ortho intramolecular Hbond substituents is 1. The molecule has 2 bridgehead atoms. The Hall–Kier alpha value is -7.61. The molecule has 19 heteroatoms. The zero-order chi connectivity index (χ0) is 50.8. The lowest BCUT2D eigenvalue weighted by molar-refractivity contribution is -0.137. The lowest BCUT2D eigenvalue weighted by Crippen LogP contribution is -2.44. The number of pyridine rings is 1. The van der Waals surface area contributed by atoms with Crippen molar-refractivity contribution in [1.29, 1.82) is 0 Å². The van der Waals surface area contributed by atoms with Crippen LogP contribution in [0.2, 0.25) is 0 Å². The molecule has 9 heterocycles. The minimum Gasteiger partial charge on any atom is -0.506 e. The van der Waals surface area contributed by atoms with Gasteiger partial charge < -0.3 is 49.5 Å². The average Bonchev–Trinajstić information content (AvgIpc) is 4.06. The standard InChI is InChI=1S/C56H58N12O7/c1-27(2)50(55(72)67-24-33(69)19-43(67)52-59-41-5-4-6-44(70)49(41)61-52)68-25-39-35-11-8-29(17-42(35)60-54(71)48(39)65-68)26-74-51-46(45-28(3)7-12-40-38(45)22-58-64-40)36(30-9-10-30)20-37-47(51)62-56(75-34-13-15-73-16-14-34)63-53(37)66-23-31-18-32(66)21-57-31/h4-8,11-12,17,20,22,25,27,30-34,43,50,57,69-70H,9-10,13-16,18-19,21,23-24,26H2,1-3H3,(H,58,64)(H,59,61)(H,60,71). The van der Waals surface area contributed by atoms with E-state index in [0.717, 1.165) is 94.9 Å². The Labute approximate surface area is 429 Å². The zero-order valence-corrected chi connectivity index (χ0v) is 42.0. The number of hydrogen-bond acceptors (Lipinski definition) is 14. The molecule has 14 rings (SSSR count). The molecule has 4 aliphatic heterocycles. The monoisotopic (exact) mass is 1010 g/mol. The number of carbonyl (C=O) groups excluding carboxylic acids is 1. The first-order valence-electron chi connectivity index (χ1n) is 26.4. The first kappa shape index (κ1) is 46.0. The number of aryl methyl sites for hydroxylation is 1. The van der Waals surface area contributed by atoms with E-state index < -0.39 is 18.2 Å². The number of nitrogens with one attached hydrogen (secondary N) is 4. The number of ether oxygens (including phenoxy) is 3. The maximum absolute atomic E-state index is 14.7. The van der Waals surface area contributed by atoms with Crippen molar-refractivity contribution < 1.29 is 29.2 Å². The maximum atomic E-state index is 14.7. The zero-order valence-electron chi connectivity index (χ0n) is 42.0. The van der Waals surface area contributed by atoms with E-state index >= 15 is 0 Å². The number of likely N-dealkylation sites (tertiary alicyclic amines) is 1. The molecule has 19 nitrogen and oxygen atoms in total. The summed E-state index contributed by atoms with van der Waals surface area (Å²) in [5.41, 5.74) is 8.21. The van der Waals surface area contributed by atoms with E-state index in [1.807, 2.05) is 44.3 Å². The van der Waals surface area contributed by atoms with Crippen LogP contribution in [0.25, 0.3) is 65.8 Å². The molecule has 1 aliphatic carbocycles. The topological polar surface area (TPSA) is 238 Å². The highest BCUT2D eigenvalue weighted by Crippen LogP contribution is 2.53. The Morgan fingerprint density at radius 3 is 2.53 bits per heavy atom. The second-order valence-corrected chi connectivity index (χ2v) is 21.7. The third-order valence-corrected chi connectivity index (χ3v) is 16.3. The first-order chi connectivity index (χ1) is 36.5. The number of H-pyrrole nitrogens is 3. The van der Waals surface area contributed by atoms with Crippen LogP contribution < -0.4 is 25.2 Å². The van der Waals surface area contributed by atoms with Crippen molar-refractivity contribution in [3.05, 3.63) is 99.9 Å². The van der Waals surface area contributed by atoms with Gasteiger partial charge in [-0.1, -0.05) is 38.1 Å². The SMILES string of the molecule is Cc1ccc2[nH]ncc2c1-c1c(C2CC2)cc2c(N3CC4CC3CN4)nc(OC3CCOCC3)nc2c1OCc1ccc2c(c1)[nH]c(=O)c1nn(C(C(=O)N3CC(O)CC3c3nc4c(O)cccc4[nH]3)C(C)C)cc12. The molecule has 0 radical (unpaired) electrons. The predicted molar refractivity (Wildman–Crippen MR) is 282 cm³/mol. The quantitative estimate of drug-likeness (QED) is 0.0702. The van der Waals surface area contributed by atoms with Crippen LogP contribution >= 0.6 is 0 Å². The van der Waals surface area contributed by atoms with Gasteiger partial charge in [0.15, 0.2) is 11.3 Å². The third kappa shape index (κ3) is 7.84. The van der Waals surface area contributed by atoms with Gasteiger partial charge in [-0.3, -0.25) is 19.4 Å². The van der Waals surface area contributed by atoms with Crippen LogP contribution in [0, 0.1) is 12.8 Å². The minimum absolute atomic E-state index is 0.0272. The van der Waals surface area contributed by atoms with Gasteiger partial charge in [0.25, 0.3) is 5.56 Å². The number of aliphatic hydroxyl groups is 1. The van der Waals surface area contributed by atoms with Gasteiger partial charge in [0.1, 0.15) is 47.2 Å². The fourth-order valence-corrected chi connectivity index (χ4v) is 12.5. The smallest absolute Gasteiger partial charge is 0.319 e. The molecule has 6 N–H and O–H groups in total. The number of phenols is 1. The molecule has 5 unspecified atom stereocenters. The number of piperazine rings is 1. The number of benzene rings is 4. The first-order valence-corrected chi connectivity index (χ1v) is 26.4. The number of imidazole rings is 1. The molecule has 75 heavy (non-hydrogen) atoms. The number of aromatic amines is 3. The summed E-state index contributed by atoms with van der Waals surface area (Å²) in [5, 5.41) is 40.9. The van der Waals surface area contributed by atoms with Crippen LogP contribution in [0.1, 0.15) is 92.9 Å². The summed E-state index contributed by atoms with van der Waals surface area (Å²) in [6.45, 7) is 9.24. The highest BCUT2D eigenvalue weighted by Gasteiger charge is 2.43. The van der Waals surface area contributed by atoms with Crippen molar-refractivity contribution in [3.63, 3.8) is 0 Å². The molecular weight excluding hydrogens is 953 g/mol. The van der Waals surface area contributed by atoms with E-state index in [1.54, 1.807) is 27.9 Å². The van der Waals surface area contributed by atoms with E-state index in [4.69, 9.17) is 29.3 Å². The number of rotatable bonds is 12. The third-order valence-electron chi connectivity index (χ3n) is 16.3. The molecule has 0 spiro atoms. The summed E-state index contributed by atoms with van der Waals surface area (Å²) in [4.78, 5) is 54.5. The Kier molecular flexibility index (Phi) is 10.9. The number of aliphatic hydroxyl groups excluding tert-OH is 1. The van der Waals surface area contributed by atoms with Crippen LogP contribution in [0.3, 0.4) is 0 Å². The van der Waals surface area contributed by atoms with Crippen LogP contribution in [0.4, 0.5) is 5.82 Å². The minimum atomic E-state index is -0.804. The average molecular weight is 1010 g/mol. The number of amides is 1. The number of aromatic hydroxyl groups is 1. The van der Waals surface area contributed by atoms with E-state index in [-0.39, 0.29) is 54.3 Å². The largest absolute Gasteiger partial charge is 0.506 e. The molecule has 4 aromatic carbocycles. The molecule has 5 fully saturated rings.